The SMILES string of the molecule is CCOc1cccc(Nc2ncc3nnn(-c4cccc(F)c4)c3n2)c1. The van der Waals surface area contributed by atoms with Gasteiger partial charge in [-0.3, -0.25) is 0 Å². The molecule has 2 aromatic heterocycles. The zero-order valence-corrected chi connectivity index (χ0v) is 13.9. The van der Waals surface area contributed by atoms with E-state index in [9.17, 15) is 4.39 Å². The summed E-state index contributed by atoms with van der Waals surface area (Å²) < 4.78 is 20.5. The zero-order chi connectivity index (χ0) is 17.9. The van der Waals surface area contributed by atoms with Crippen molar-refractivity contribution in [3.63, 3.8) is 0 Å². The Labute approximate surface area is 148 Å². The molecule has 0 unspecified atom stereocenters. The quantitative estimate of drug-likeness (QED) is 0.594. The van der Waals surface area contributed by atoms with Crippen LogP contribution in [0.15, 0.2) is 54.7 Å². The van der Waals surface area contributed by atoms with Crippen molar-refractivity contribution < 1.29 is 9.13 Å². The lowest BCUT2D eigenvalue weighted by atomic mass is 10.3. The predicted octanol–water partition coefficient (Wildman–Crippen LogP) is 3.49. The first-order chi connectivity index (χ1) is 12.7. The second-order valence-corrected chi connectivity index (χ2v) is 5.47. The fraction of sp³-hybridized carbons (Fsp3) is 0.111. The minimum atomic E-state index is -0.355. The Kier molecular flexibility index (Phi) is 4.14. The highest BCUT2D eigenvalue weighted by Crippen LogP contribution is 2.21. The molecule has 7 nitrogen and oxygen atoms in total. The molecule has 2 aromatic carbocycles. The van der Waals surface area contributed by atoms with E-state index >= 15 is 0 Å². The summed E-state index contributed by atoms with van der Waals surface area (Å²) in [5.74, 6) is 0.780. The number of ether oxygens (including phenoxy) is 1. The molecule has 0 aliphatic rings. The van der Waals surface area contributed by atoms with Gasteiger partial charge < -0.3 is 10.1 Å². The van der Waals surface area contributed by atoms with E-state index in [4.69, 9.17) is 4.74 Å². The Bertz CT molecular complexity index is 1060. The van der Waals surface area contributed by atoms with Crippen LogP contribution < -0.4 is 10.1 Å². The molecule has 0 aliphatic heterocycles. The van der Waals surface area contributed by atoms with Crippen molar-refractivity contribution in [2.24, 2.45) is 0 Å². The Morgan fingerprint density at radius 3 is 2.88 bits per heavy atom. The number of hydrogen-bond donors (Lipinski definition) is 1. The van der Waals surface area contributed by atoms with Gasteiger partial charge in [-0.25, -0.2) is 9.37 Å². The number of halogens is 1. The van der Waals surface area contributed by atoms with Gasteiger partial charge in [0.25, 0.3) is 0 Å². The third-order valence-electron chi connectivity index (χ3n) is 3.65. The lowest BCUT2D eigenvalue weighted by molar-refractivity contribution is 0.340. The van der Waals surface area contributed by atoms with Gasteiger partial charge >= 0.3 is 0 Å². The van der Waals surface area contributed by atoms with E-state index in [2.05, 4.69) is 25.6 Å². The number of hydrogen-bond acceptors (Lipinski definition) is 6. The van der Waals surface area contributed by atoms with Crippen LogP contribution in [-0.2, 0) is 0 Å². The van der Waals surface area contributed by atoms with Gasteiger partial charge in [0.05, 0.1) is 18.5 Å². The molecule has 4 aromatic rings. The molecule has 0 saturated carbocycles. The monoisotopic (exact) mass is 350 g/mol. The van der Waals surface area contributed by atoms with Crippen LogP contribution >= 0.6 is 0 Å². The second kappa shape index (κ2) is 6.75. The maximum absolute atomic E-state index is 13.5. The summed E-state index contributed by atoms with van der Waals surface area (Å²) in [4.78, 5) is 8.71. The smallest absolute Gasteiger partial charge is 0.229 e. The lowest BCUT2D eigenvalue weighted by Gasteiger charge is -2.08. The highest BCUT2D eigenvalue weighted by molar-refractivity contribution is 5.72. The average Bonchev–Trinajstić information content (AvgIpc) is 3.06. The summed E-state index contributed by atoms with van der Waals surface area (Å²) in [6.45, 7) is 2.52. The number of aromatic nitrogens is 5. The third kappa shape index (κ3) is 3.16. The highest BCUT2D eigenvalue weighted by Gasteiger charge is 2.11. The molecular formula is C18H15FN6O. The van der Waals surface area contributed by atoms with Gasteiger partial charge in [0, 0.05) is 11.8 Å². The maximum Gasteiger partial charge on any atom is 0.229 e. The highest BCUT2D eigenvalue weighted by atomic mass is 19.1. The first-order valence-corrected chi connectivity index (χ1v) is 8.07. The van der Waals surface area contributed by atoms with Gasteiger partial charge in [-0.2, -0.15) is 9.67 Å². The van der Waals surface area contributed by atoms with Gasteiger partial charge in [0.1, 0.15) is 11.6 Å². The Hall–Kier alpha value is -3.55. The van der Waals surface area contributed by atoms with E-state index in [1.165, 1.54) is 16.8 Å². The van der Waals surface area contributed by atoms with E-state index < -0.39 is 0 Å². The van der Waals surface area contributed by atoms with Crippen molar-refractivity contribution in [2.45, 2.75) is 6.92 Å². The van der Waals surface area contributed by atoms with Crippen molar-refractivity contribution in [2.75, 3.05) is 11.9 Å². The lowest BCUT2D eigenvalue weighted by Crippen LogP contribution is -2.02. The van der Waals surface area contributed by atoms with E-state index in [-0.39, 0.29) is 5.82 Å². The second-order valence-electron chi connectivity index (χ2n) is 5.47. The molecule has 0 saturated heterocycles. The van der Waals surface area contributed by atoms with Crippen LogP contribution in [0.5, 0.6) is 5.75 Å². The number of anilines is 2. The molecule has 0 aliphatic carbocycles. The topological polar surface area (TPSA) is 77.8 Å². The molecule has 130 valence electrons. The maximum atomic E-state index is 13.5. The van der Waals surface area contributed by atoms with E-state index in [0.717, 1.165) is 11.4 Å². The number of nitrogens with one attached hydrogen (secondary N) is 1. The summed E-state index contributed by atoms with van der Waals surface area (Å²) in [5, 5.41) is 11.2. The van der Waals surface area contributed by atoms with Gasteiger partial charge in [-0.05, 0) is 37.3 Å². The van der Waals surface area contributed by atoms with Crippen molar-refractivity contribution >= 4 is 22.8 Å². The summed E-state index contributed by atoms with van der Waals surface area (Å²) in [6, 6.07) is 13.6. The number of fused-ring (bicyclic) bond motifs is 1. The number of nitrogens with zero attached hydrogens (tertiary/aromatic N) is 5. The molecule has 1 N–H and O–H groups in total. The summed E-state index contributed by atoms with van der Waals surface area (Å²) in [5.41, 5.74) is 2.33. The van der Waals surface area contributed by atoms with Crippen LogP contribution in [0.2, 0.25) is 0 Å². The Morgan fingerprint density at radius 2 is 2.04 bits per heavy atom. The molecule has 2 heterocycles. The van der Waals surface area contributed by atoms with Crippen LogP contribution in [0, 0.1) is 5.82 Å². The predicted molar refractivity (Wildman–Crippen MR) is 95.3 cm³/mol. The van der Waals surface area contributed by atoms with E-state index in [0.29, 0.717) is 29.4 Å². The molecule has 0 amide bonds. The van der Waals surface area contributed by atoms with Crippen molar-refractivity contribution in [3.8, 4) is 11.4 Å². The van der Waals surface area contributed by atoms with Crippen molar-refractivity contribution in [1.82, 2.24) is 25.0 Å². The van der Waals surface area contributed by atoms with Crippen LogP contribution in [0.3, 0.4) is 0 Å². The minimum Gasteiger partial charge on any atom is -0.494 e. The molecule has 0 fully saturated rings. The molecule has 8 heteroatoms. The van der Waals surface area contributed by atoms with Crippen LogP contribution in [-0.4, -0.2) is 31.6 Å². The molecule has 0 bridgehead atoms. The minimum absolute atomic E-state index is 0.355. The standard InChI is InChI=1S/C18H15FN6O/c1-2-26-15-8-4-6-13(10-15)21-18-20-11-16-17(22-18)25(24-23-16)14-7-3-5-12(19)9-14/h3-11H,2H2,1H3,(H,20,21,22). The largest absolute Gasteiger partial charge is 0.494 e. The van der Waals surface area contributed by atoms with E-state index in [1.54, 1.807) is 18.3 Å². The Morgan fingerprint density at radius 1 is 1.15 bits per heavy atom. The molecule has 0 spiro atoms. The molecule has 4 rings (SSSR count). The third-order valence-corrected chi connectivity index (χ3v) is 3.65. The molecular weight excluding hydrogens is 335 g/mol. The van der Waals surface area contributed by atoms with Crippen molar-refractivity contribution in [3.05, 3.63) is 60.5 Å². The molecule has 0 radical (unpaired) electrons. The van der Waals surface area contributed by atoms with E-state index in [1.807, 2.05) is 31.2 Å². The zero-order valence-electron chi connectivity index (χ0n) is 13.9. The average molecular weight is 350 g/mol. The fourth-order valence-electron chi connectivity index (χ4n) is 2.53. The first kappa shape index (κ1) is 15.9. The summed E-state index contributed by atoms with van der Waals surface area (Å²) >= 11 is 0. The van der Waals surface area contributed by atoms with Gasteiger partial charge in [-0.15, -0.1) is 5.10 Å². The van der Waals surface area contributed by atoms with Crippen molar-refractivity contribution in [1.29, 1.82) is 0 Å². The number of benzene rings is 2. The molecule has 0 atom stereocenters. The first-order valence-electron chi connectivity index (χ1n) is 8.07. The van der Waals surface area contributed by atoms with Crippen LogP contribution in [0.4, 0.5) is 16.0 Å². The van der Waals surface area contributed by atoms with Gasteiger partial charge in [-0.1, -0.05) is 17.3 Å². The number of rotatable bonds is 5. The Balaban J connectivity index is 1.69. The summed E-state index contributed by atoms with van der Waals surface area (Å²) in [7, 11) is 0. The van der Waals surface area contributed by atoms with Gasteiger partial charge in [0.2, 0.25) is 5.95 Å². The van der Waals surface area contributed by atoms with Crippen LogP contribution in [0.1, 0.15) is 6.92 Å². The van der Waals surface area contributed by atoms with Crippen LogP contribution in [0.25, 0.3) is 16.9 Å². The summed E-state index contributed by atoms with van der Waals surface area (Å²) in [6.07, 6.45) is 1.57. The normalized spacial score (nSPS) is 10.8. The van der Waals surface area contributed by atoms with Gasteiger partial charge in [0.15, 0.2) is 11.2 Å². The fourth-order valence-corrected chi connectivity index (χ4v) is 2.53. The molecule has 26 heavy (non-hydrogen) atoms.